The highest BCUT2D eigenvalue weighted by Crippen LogP contribution is 2.35. The van der Waals surface area contributed by atoms with Crippen LogP contribution in [0.1, 0.15) is 19.8 Å². The maximum absolute atomic E-state index is 5.72. The van der Waals surface area contributed by atoms with Crippen molar-refractivity contribution in [3.63, 3.8) is 0 Å². The topological polar surface area (TPSA) is 42.1 Å². The van der Waals surface area contributed by atoms with Gasteiger partial charge in [0, 0.05) is 31.0 Å². The molecule has 1 fully saturated rings. The number of nitrogens with zero attached hydrogens (tertiary/aromatic N) is 2. The molecule has 1 atom stereocenters. The average molecular weight is 191 g/mol. The van der Waals surface area contributed by atoms with Crippen molar-refractivity contribution in [2.75, 3.05) is 17.7 Å². The van der Waals surface area contributed by atoms with Crippen molar-refractivity contribution in [2.24, 2.45) is 5.92 Å². The number of aromatic nitrogens is 1. The van der Waals surface area contributed by atoms with Gasteiger partial charge in [0.2, 0.25) is 0 Å². The van der Waals surface area contributed by atoms with Crippen LogP contribution in [0.15, 0.2) is 18.3 Å². The van der Waals surface area contributed by atoms with Crippen LogP contribution in [0, 0.1) is 5.92 Å². The quantitative estimate of drug-likeness (QED) is 0.793. The largest absolute Gasteiger partial charge is 0.399 e. The van der Waals surface area contributed by atoms with Crippen LogP contribution in [0.25, 0.3) is 0 Å². The normalized spacial score (nSPS) is 17.9. The number of anilines is 2. The Hall–Kier alpha value is -1.25. The first-order valence-electron chi connectivity index (χ1n) is 5.13. The van der Waals surface area contributed by atoms with Gasteiger partial charge in [0.05, 0.1) is 0 Å². The van der Waals surface area contributed by atoms with Gasteiger partial charge < -0.3 is 10.6 Å². The van der Waals surface area contributed by atoms with Crippen LogP contribution in [0.3, 0.4) is 0 Å². The Balaban J connectivity index is 2.13. The lowest BCUT2D eigenvalue weighted by molar-refractivity contribution is 0.604. The summed E-state index contributed by atoms with van der Waals surface area (Å²) in [4.78, 5) is 6.53. The Morgan fingerprint density at radius 3 is 2.86 bits per heavy atom. The standard InChI is InChI=1S/C11H17N3/c1-8(9-3-4-9)14(2)11-7-10(12)5-6-13-11/h5-9H,3-4H2,1-2H3,(H2,12,13). The van der Waals surface area contributed by atoms with E-state index in [0.29, 0.717) is 6.04 Å². The van der Waals surface area contributed by atoms with Gasteiger partial charge in [0.15, 0.2) is 0 Å². The first kappa shape index (κ1) is 9.31. The second-order valence-corrected chi connectivity index (χ2v) is 4.14. The van der Waals surface area contributed by atoms with Gasteiger partial charge in [0.25, 0.3) is 0 Å². The highest BCUT2D eigenvalue weighted by atomic mass is 15.2. The van der Waals surface area contributed by atoms with Gasteiger partial charge in [0.1, 0.15) is 5.82 Å². The highest BCUT2D eigenvalue weighted by molar-refractivity contribution is 5.50. The van der Waals surface area contributed by atoms with Gasteiger partial charge in [-0.25, -0.2) is 4.98 Å². The average Bonchev–Trinajstić information content (AvgIpc) is 2.99. The zero-order valence-corrected chi connectivity index (χ0v) is 8.77. The van der Waals surface area contributed by atoms with Gasteiger partial charge >= 0.3 is 0 Å². The first-order valence-corrected chi connectivity index (χ1v) is 5.13. The van der Waals surface area contributed by atoms with Crippen molar-refractivity contribution in [1.82, 2.24) is 4.98 Å². The lowest BCUT2D eigenvalue weighted by Gasteiger charge is -2.25. The van der Waals surface area contributed by atoms with Crippen LogP contribution in [0.5, 0.6) is 0 Å². The Morgan fingerprint density at radius 2 is 2.29 bits per heavy atom. The van der Waals surface area contributed by atoms with Crippen molar-refractivity contribution in [2.45, 2.75) is 25.8 Å². The van der Waals surface area contributed by atoms with Crippen LogP contribution in [0.2, 0.25) is 0 Å². The molecular weight excluding hydrogens is 174 g/mol. The van der Waals surface area contributed by atoms with Crippen LogP contribution < -0.4 is 10.6 Å². The Kier molecular flexibility index (Phi) is 2.32. The van der Waals surface area contributed by atoms with E-state index in [1.165, 1.54) is 12.8 Å². The number of hydrogen-bond donors (Lipinski definition) is 1. The van der Waals surface area contributed by atoms with Gasteiger partial charge in [-0.2, -0.15) is 0 Å². The molecule has 1 unspecified atom stereocenters. The second kappa shape index (κ2) is 3.48. The minimum absolute atomic E-state index is 0.573. The van der Waals surface area contributed by atoms with Crippen molar-refractivity contribution < 1.29 is 0 Å². The summed E-state index contributed by atoms with van der Waals surface area (Å²) in [7, 11) is 2.09. The van der Waals surface area contributed by atoms with Crippen LogP contribution in [-0.2, 0) is 0 Å². The summed E-state index contributed by atoms with van der Waals surface area (Å²) in [6.07, 6.45) is 4.47. The molecule has 0 amide bonds. The zero-order chi connectivity index (χ0) is 10.1. The van der Waals surface area contributed by atoms with E-state index in [-0.39, 0.29) is 0 Å². The predicted octanol–water partition coefficient (Wildman–Crippen LogP) is 1.90. The number of nitrogens with two attached hydrogens (primary N) is 1. The molecule has 0 bridgehead atoms. The molecule has 1 aromatic rings. The summed E-state index contributed by atoms with van der Waals surface area (Å²) in [5, 5.41) is 0. The zero-order valence-electron chi connectivity index (χ0n) is 8.77. The van der Waals surface area contributed by atoms with E-state index in [2.05, 4.69) is 23.9 Å². The monoisotopic (exact) mass is 191 g/mol. The van der Waals surface area contributed by atoms with Crippen molar-refractivity contribution >= 4 is 11.5 Å². The molecule has 2 N–H and O–H groups in total. The van der Waals surface area contributed by atoms with E-state index in [4.69, 9.17) is 5.73 Å². The summed E-state index contributed by atoms with van der Waals surface area (Å²) >= 11 is 0. The minimum atomic E-state index is 0.573. The van der Waals surface area contributed by atoms with Gasteiger partial charge in [-0.1, -0.05) is 0 Å². The minimum Gasteiger partial charge on any atom is -0.399 e. The molecule has 1 heterocycles. The van der Waals surface area contributed by atoms with Crippen LogP contribution in [-0.4, -0.2) is 18.1 Å². The molecule has 0 aliphatic heterocycles. The molecule has 1 saturated carbocycles. The van der Waals surface area contributed by atoms with Crippen molar-refractivity contribution in [3.8, 4) is 0 Å². The number of pyridine rings is 1. The summed E-state index contributed by atoms with van der Waals surface area (Å²) in [6.45, 7) is 2.25. The summed E-state index contributed by atoms with van der Waals surface area (Å²) < 4.78 is 0. The molecule has 0 aromatic carbocycles. The van der Waals surface area contributed by atoms with E-state index < -0.39 is 0 Å². The third kappa shape index (κ3) is 1.81. The fraction of sp³-hybridized carbons (Fsp3) is 0.545. The molecule has 1 aromatic heterocycles. The lowest BCUT2D eigenvalue weighted by Crippen LogP contribution is -2.31. The number of rotatable bonds is 3. The SMILES string of the molecule is CC(C1CC1)N(C)c1cc(N)ccn1. The molecule has 1 aliphatic rings. The molecular formula is C11H17N3. The van der Waals surface area contributed by atoms with Crippen molar-refractivity contribution in [3.05, 3.63) is 18.3 Å². The molecule has 1 aliphatic carbocycles. The van der Waals surface area contributed by atoms with Gasteiger partial charge in [-0.15, -0.1) is 0 Å². The fourth-order valence-corrected chi connectivity index (χ4v) is 1.73. The predicted molar refractivity (Wildman–Crippen MR) is 59.2 cm³/mol. The van der Waals surface area contributed by atoms with E-state index in [9.17, 15) is 0 Å². The molecule has 3 heteroatoms. The third-order valence-electron chi connectivity index (χ3n) is 3.05. The molecule has 0 saturated heterocycles. The molecule has 0 radical (unpaired) electrons. The maximum Gasteiger partial charge on any atom is 0.130 e. The van der Waals surface area contributed by atoms with Crippen molar-refractivity contribution in [1.29, 1.82) is 0 Å². The summed E-state index contributed by atoms with van der Waals surface area (Å²) in [6, 6.07) is 4.32. The highest BCUT2D eigenvalue weighted by Gasteiger charge is 2.30. The number of nitrogen functional groups attached to an aromatic ring is 1. The Labute approximate surface area is 84.9 Å². The lowest BCUT2D eigenvalue weighted by atomic mass is 10.2. The van der Waals surface area contributed by atoms with E-state index in [0.717, 1.165) is 17.4 Å². The third-order valence-corrected chi connectivity index (χ3v) is 3.05. The molecule has 2 rings (SSSR count). The number of hydrogen-bond acceptors (Lipinski definition) is 3. The molecule has 3 nitrogen and oxygen atoms in total. The molecule has 0 spiro atoms. The first-order chi connectivity index (χ1) is 6.68. The smallest absolute Gasteiger partial charge is 0.130 e. The van der Waals surface area contributed by atoms with Gasteiger partial charge in [-0.05, 0) is 31.7 Å². The molecule has 14 heavy (non-hydrogen) atoms. The van der Waals surface area contributed by atoms with E-state index in [1.54, 1.807) is 6.20 Å². The van der Waals surface area contributed by atoms with Gasteiger partial charge in [-0.3, -0.25) is 0 Å². The Bertz CT molecular complexity index is 320. The van der Waals surface area contributed by atoms with E-state index in [1.807, 2.05) is 12.1 Å². The second-order valence-electron chi connectivity index (χ2n) is 4.14. The molecule has 76 valence electrons. The maximum atomic E-state index is 5.72. The summed E-state index contributed by atoms with van der Waals surface area (Å²) in [5.41, 5.74) is 6.50. The summed E-state index contributed by atoms with van der Waals surface area (Å²) in [5.74, 6) is 1.83. The van der Waals surface area contributed by atoms with E-state index >= 15 is 0 Å². The fourth-order valence-electron chi connectivity index (χ4n) is 1.73. The van der Waals surface area contributed by atoms with Crippen LogP contribution in [0.4, 0.5) is 11.5 Å². The van der Waals surface area contributed by atoms with Crippen LogP contribution >= 0.6 is 0 Å². The Morgan fingerprint density at radius 1 is 1.57 bits per heavy atom.